The first-order chi connectivity index (χ1) is 16.0. The average Bonchev–Trinajstić information content (AvgIpc) is 3.16. The van der Waals surface area contributed by atoms with E-state index in [4.69, 9.17) is 14.6 Å². The number of nitrogens with zero attached hydrogens (tertiary/aromatic N) is 3. The summed E-state index contributed by atoms with van der Waals surface area (Å²) in [6.07, 6.45) is 1.33. The molecule has 1 N–H and O–H groups in total. The van der Waals surface area contributed by atoms with Crippen LogP contribution in [0.15, 0.2) is 60.7 Å². The number of para-hydroxylation sites is 2. The molecule has 1 unspecified atom stereocenters. The molecule has 2 aromatic carbocycles. The van der Waals surface area contributed by atoms with Gasteiger partial charge in [0.2, 0.25) is 5.88 Å². The van der Waals surface area contributed by atoms with Crippen LogP contribution in [0.2, 0.25) is 0 Å². The SMILES string of the molecule is CCCN(Cc1c(CC)nn(-c2ccccc2)c1Oc1ccccc1)CC(O)COC(C)C. The highest BCUT2D eigenvalue weighted by Gasteiger charge is 2.23. The summed E-state index contributed by atoms with van der Waals surface area (Å²) < 4.78 is 13.9. The molecule has 1 atom stereocenters. The van der Waals surface area contributed by atoms with Crippen LogP contribution >= 0.6 is 0 Å². The van der Waals surface area contributed by atoms with E-state index in [1.54, 1.807) is 0 Å². The van der Waals surface area contributed by atoms with Crippen molar-refractivity contribution < 1.29 is 14.6 Å². The van der Waals surface area contributed by atoms with Crippen molar-refractivity contribution in [2.24, 2.45) is 0 Å². The third-order valence-electron chi connectivity index (χ3n) is 5.33. The van der Waals surface area contributed by atoms with Crippen LogP contribution in [-0.4, -0.2) is 51.7 Å². The molecule has 6 heteroatoms. The van der Waals surface area contributed by atoms with E-state index in [-0.39, 0.29) is 6.10 Å². The van der Waals surface area contributed by atoms with Crippen LogP contribution in [0.25, 0.3) is 5.69 Å². The van der Waals surface area contributed by atoms with Crippen LogP contribution in [0, 0.1) is 0 Å². The third kappa shape index (κ3) is 7.16. The summed E-state index contributed by atoms with van der Waals surface area (Å²) in [5.41, 5.74) is 3.01. The van der Waals surface area contributed by atoms with Gasteiger partial charge in [0, 0.05) is 13.1 Å². The molecule has 0 bridgehead atoms. The van der Waals surface area contributed by atoms with Gasteiger partial charge in [0.1, 0.15) is 5.75 Å². The molecule has 0 fully saturated rings. The van der Waals surface area contributed by atoms with Gasteiger partial charge in [-0.15, -0.1) is 0 Å². The number of rotatable bonds is 13. The van der Waals surface area contributed by atoms with Gasteiger partial charge in [-0.25, -0.2) is 4.68 Å². The minimum Gasteiger partial charge on any atom is -0.439 e. The number of hydrogen-bond acceptors (Lipinski definition) is 5. The lowest BCUT2D eigenvalue weighted by molar-refractivity contribution is -0.00957. The Balaban J connectivity index is 1.95. The number of ether oxygens (including phenoxy) is 2. The number of aliphatic hydroxyl groups excluding tert-OH is 1. The lowest BCUT2D eigenvalue weighted by atomic mass is 10.1. The fraction of sp³-hybridized carbons (Fsp3) is 0.444. The van der Waals surface area contributed by atoms with Crippen molar-refractivity contribution in [2.45, 2.75) is 59.3 Å². The van der Waals surface area contributed by atoms with Gasteiger partial charge in [-0.05, 0) is 57.5 Å². The Bertz CT molecular complexity index is 958. The molecule has 3 rings (SSSR count). The van der Waals surface area contributed by atoms with Crippen molar-refractivity contribution in [3.05, 3.63) is 71.9 Å². The van der Waals surface area contributed by atoms with Crippen LogP contribution in [-0.2, 0) is 17.7 Å². The van der Waals surface area contributed by atoms with Gasteiger partial charge in [0.05, 0.1) is 35.8 Å². The second-order valence-electron chi connectivity index (χ2n) is 8.52. The monoisotopic (exact) mass is 451 g/mol. The zero-order chi connectivity index (χ0) is 23.6. The molecule has 33 heavy (non-hydrogen) atoms. The summed E-state index contributed by atoms with van der Waals surface area (Å²) >= 11 is 0. The van der Waals surface area contributed by atoms with Gasteiger partial charge >= 0.3 is 0 Å². The lowest BCUT2D eigenvalue weighted by Gasteiger charge is -2.25. The van der Waals surface area contributed by atoms with E-state index in [9.17, 15) is 5.11 Å². The van der Waals surface area contributed by atoms with E-state index in [0.29, 0.717) is 19.7 Å². The Kier molecular flexibility index (Phi) is 9.48. The lowest BCUT2D eigenvalue weighted by Crippen LogP contribution is -2.35. The molecule has 0 aliphatic rings. The first-order valence-corrected chi connectivity index (χ1v) is 11.9. The van der Waals surface area contributed by atoms with Gasteiger partial charge in [-0.1, -0.05) is 50.2 Å². The molecule has 1 heterocycles. The maximum absolute atomic E-state index is 10.6. The zero-order valence-electron chi connectivity index (χ0n) is 20.3. The Morgan fingerprint density at radius 3 is 2.27 bits per heavy atom. The molecule has 0 aliphatic heterocycles. The number of benzene rings is 2. The molecule has 0 spiro atoms. The standard InChI is InChI=1S/C27H37N3O3/c1-5-17-29(18-23(31)20-32-21(3)4)19-25-26(6-2)28-30(22-13-9-7-10-14-22)27(25)33-24-15-11-8-12-16-24/h7-16,21,23,31H,5-6,17-20H2,1-4H3. The highest BCUT2D eigenvalue weighted by Crippen LogP contribution is 2.32. The summed E-state index contributed by atoms with van der Waals surface area (Å²) in [6, 6.07) is 19.9. The van der Waals surface area contributed by atoms with Gasteiger partial charge in [-0.3, -0.25) is 4.90 Å². The summed E-state index contributed by atoms with van der Waals surface area (Å²) in [4.78, 5) is 2.26. The zero-order valence-corrected chi connectivity index (χ0v) is 20.3. The van der Waals surface area contributed by atoms with Gasteiger partial charge in [-0.2, -0.15) is 5.10 Å². The fourth-order valence-electron chi connectivity index (χ4n) is 3.80. The predicted octanol–water partition coefficient (Wildman–Crippen LogP) is 5.22. The first kappa shape index (κ1) is 25.0. The fourth-order valence-corrected chi connectivity index (χ4v) is 3.80. The largest absolute Gasteiger partial charge is 0.439 e. The maximum Gasteiger partial charge on any atom is 0.227 e. The normalized spacial score (nSPS) is 12.5. The molecule has 0 radical (unpaired) electrons. The quantitative estimate of drug-likeness (QED) is 0.386. The summed E-state index contributed by atoms with van der Waals surface area (Å²) in [5.74, 6) is 1.49. The smallest absolute Gasteiger partial charge is 0.227 e. The van der Waals surface area contributed by atoms with Crippen LogP contribution in [0.4, 0.5) is 0 Å². The molecule has 0 saturated carbocycles. The summed E-state index contributed by atoms with van der Waals surface area (Å²) in [5, 5.41) is 15.5. The molecule has 1 aromatic heterocycles. The second kappa shape index (κ2) is 12.5. The molecule has 0 saturated heterocycles. The Labute approximate surface area is 197 Å². The van der Waals surface area contributed by atoms with Gasteiger partial charge < -0.3 is 14.6 Å². The predicted molar refractivity (Wildman–Crippen MR) is 132 cm³/mol. The molecule has 6 nitrogen and oxygen atoms in total. The van der Waals surface area contributed by atoms with Crippen LogP contribution in [0.1, 0.15) is 45.4 Å². The summed E-state index contributed by atoms with van der Waals surface area (Å²) in [7, 11) is 0. The van der Waals surface area contributed by atoms with E-state index < -0.39 is 6.10 Å². The third-order valence-corrected chi connectivity index (χ3v) is 5.33. The van der Waals surface area contributed by atoms with E-state index in [2.05, 4.69) is 18.7 Å². The van der Waals surface area contributed by atoms with E-state index >= 15 is 0 Å². The number of hydrogen-bond donors (Lipinski definition) is 1. The average molecular weight is 452 g/mol. The second-order valence-corrected chi connectivity index (χ2v) is 8.52. The first-order valence-electron chi connectivity index (χ1n) is 11.9. The Morgan fingerprint density at radius 1 is 1.00 bits per heavy atom. The molecular formula is C27H37N3O3. The summed E-state index contributed by atoms with van der Waals surface area (Å²) in [6.45, 7) is 10.6. The highest BCUT2D eigenvalue weighted by atomic mass is 16.5. The molecule has 3 aromatic rings. The Hall–Kier alpha value is -2.67. The van der Waals surface area contributed by atoms with Crippen molar-refractivity contribution >= 4 is 0 Å². The topological polar surface area (TPSA) is 59.8 Å². The van der Waals surface area contributed by atoms with Gasteiger partial charge in [0.15, 0.2) is 0 Å². The van der Waals surface area contributed by atoms with Crippen molar-refractivity contribution in [1.82, 2.24) is 14.7 Å². The van der Waals surface area contributed by atoms with E-state index in [1.165, 1.54) is 0 Å². The highest BCUT2D eigenvalue weighted by molar-refractivity contribution is 5.43. The minimum atomic E-state index is -0.549. The molecule has 178 valence electrons. The van der Waals surface area contributed by atoms with E-state index in [0.717, 1.165) is 48.0 Å². The maximum atomic E-state index is 10.6. The van der Waals surface area contributed by atoms with Crippen LogP contribution in [0.3, 0.4) is 0 Å². The van der Waals surface area contributed by atoms with Crippen LogP contribution < -0.4 is 4.74 Å². The Morgan fingerprint density at radius 2 is 1.67 bits per heavy atom. The number of aryl methyl sites for hydroxylation is 1. The van der Waals surface area contributed by atoms with E-state index in [1.807, 2.05) is 79.2 Å². The molecular weight excluding hydrogens is 414 g/mol. The van der Waals surface area contributed by atoms with Crippen LogP contribution in [0.5, 0.6) is 11.6 Å². The van der Waals surface area contributed by atoms with Crippen molar-refractivity contribution in [3.63, 3.8) is 0 Å². The van der Waals surface area contributed by atoms with Crippen molar-refractivity contribution in [3.8, 4) is 17.3 Å². The number of aliphatic hydroxyl groups is 1. The van der Waals surface area contributed by atoms with Crippen molar-refractivity contribution in [2.75, 3.05) is 19.7 Å². The van der Waals surface area contributed by atoms with Gasteiger partial charge in [0.25, 0.3) is 0 Å². The van der Waals surface area contributed by atoms with Crippen molar-refractivity contribution in [1.29, 1.82) is 0 Å². The minimum absolute atomic E-state index is 0.0981. The number of aromatic nitrogens is 2. The molecule has 0 aliphatic carbocycles. The molecule has 0 amide bonds.